The average molecular weight is 711 g/mol. The zero-order chi connectivity index (χ0) is 36.7. The predicted molar refractivity (Wildman–Crippen MR) is 239 cm³/mol. The van der Waals surface area contributed by atoms with Crippen molar-refractivity contribution in [2.75, 3.05) is 0 Å². The summed E-state index contributed by atoms with van der Waals surface area (Å²) in [6.07, 6.45) is 0. The first-order chi connectivity index (χ1) is 27.8. The van der Waals surface area contributed by atoms with Gasteiger partial charge in [0, 0.05) is 38.0 Å². The Morgan fingerprint density at radius 3 is 1.34 bits per heavy atom. The predicted octanol–water partition coefficient (Wildman–Crippen LogP) is 14.7. The number of rotatable bonds is 4. The Morgan fingerprint density at radius 1 is 0.250 bits per heavy atom. The van der Waals surface area contributed by atoms with Crippen LogP contribution in [0.15, 0.2) is 206 Å². The van der Waals surface area contributed by atoms with Gasteiger partial charge in [-0.05, 0) is 92.3 Å². The van der Waals surface area contributed by atoms with E-state index in [1.165, 1.54) is 110 Å². The smallest absolute Gasteiger partial charge is 0.0619 e. The van der Waals surface area contributed by atoms with Gasteiger partial charge in [0.15, 0.2) is 0 Å². The molecule has 0 saturated carbocycles. The first-order valence-corrected chi connectivity index (χ1v) is 19.4. The first-order valence-electron chi connectivity index (χ1n) is 19.4. The van der Waals surface area contributed by atoms with Crippen molar-refractivity contribution >= 4 is 75.9 Å². The van der Waals surface area contributed by atoms with Crippen molar-refractivity contribution in [2.45, 2.75) is 0 Å². The summed E-state index contributed by atoms with van der Waals surface area (Å²) < 4.78 is 4.92. The second-order valence-electron chi connectivity index (χ2n) is 14.9. The summed E-state index contributed by atoms with van der Waals surface area (Å²) in [7, 11) is 0. The fourth-order valence-electron chi connectivity index (χ4n) is 9.40. The van der Waals surface area contributed by atoms with Crippen LogP contribution in [-0.4, -0.2) is 9.13 Å². The molecule has 2 heterocycles. The van der Waals surface area contributed by atoms with E-state index in [9.17, 15) is 0 Å². The zero-order valence-electron chi connectivity index (χ0n) is 30.5. The molecule has 260 valence electrons. The van der Waals surface area contributed by atoms with Crippen LogP contribution < -0.4 is 0 Å². The molecule has 2 nitrogen and oxygen atoms in total. The van der Waals surface area contributed by atoms with Crippen LogP contribution in [0.25, 0.3) is 110 Å². The van der Waals surface area contributed by atoms with Gasteiger partial charge in [0.1, 0.15) is 0 Å². The van der Waals surface area contributed by atoms with Gasteiger partial charge in [0.2, 0.25) is 0 Å². The zero-order valence-corrected chi connectivity index (χ0v) is 30.5. The first kappa shape index (κ1) is 31.0. The van der Waals surface area contributed by atoms with Crippen LogP contribution in [-0.2, 0) is 0 Å². The number of para-hydroxylation sites is 2. The van der Waals surface area contributed by atoms with E-state index in [2.05, 4.69) is 215 Å². The van der Waals surface area contributed by atoms with Crippen LogP contribution in [0.4, 0.5) is 0 Å². The molecule has 0 aliphatic rings. The molecule has 0 saturated heterocycles. The van der Waals surface area contributed by atoms with E-state index in [4.69, 9.17) is 0 Å². The van der Waals surface area contributed by atoms with Gasteiger partial charge in [-0.15, -0.1) is 0 Å². The van der Waals surface area contributed by atoms with E-state index < -0.39 is 0 Å². The van der Waals surface area contributed by atoms with Gasteiger partial charge < -0.3 is 9.13 Å². The quantitative estimate of drug-likeness (QED) is 0.161. The summed E-state index contributed by atoms with van der Waals surface area (Å²) in [6, 6.07) is 75.8. The largest absolute Gasteiger partial charge is 0.309 e. The molecular weight excluding hydrogens is 677 g/mol. The molecule has 12 aromatic rings. The standard InChI is InChI=1S/C54H34N2/c1-2-15-36(16-3-1)53-43-20-6-8-22-45(43)54(46-23-9-7-21-44(46)53)56-50-25-13-11-19-42(50)48-34-39(28-31-52(48)56)38-27-30-51-47(33-38)41-18-10-12-24-49(41)55(51)40-29-26-35-14-4-5-17-37(35)32-40/h1-34H. The summed E-state index contributed by atoms with van der Waals surface area (Å²) in [5, 5.41) is 12.5. The molecule has 10 aromatic carbocycles. The van der Waals surface area contributed by atoms with Crippen molar-refractivity contribution in [2.24, 2.45) is 0 Å². The summed E-state index contributed by atoms with van der Waals surface area (Å²) in [5.41, 5.74) is 12.2. The topological polar surface area (TPSA) is 9.86 Å². The molecule has 56 heavy (non-hydrogen) atoms. The highest BCUT2D eigenvalue weighted by Gasteiger charge is 2.21. The van der Waals surface area contributed by atoms with Gasteiger partial charge in [-0.25, -0.2) is 0 Å². The van der Waals surface area contributed by atoms with Crippen molar-refractivity contribution < 1.29 is 0 Å². The van der Waals surface area contributed by atoms with Gasteiger partial charge in [0.05, 0.1) is 27.8 Å². The van der Waals surface area contributed by atoms with Crippen molar-refractivity contribution in [1.29, 1.82) is 0 Å². The third kappa shape index (κ3) is 4.50. The Labute approximate surface area is 323 Å². The van der Waals surface area contributed by atoms with E-state index in [1.807, 2.05) is 0 Å². The summed E-state index contributed by atoms with van der Waals surface area (Å²) in [4.78, 5) is 0. The van der Waals surface area contributed by atoms with Crippen LogP contribution in [0.1, 0.15) is 0 Å². The maximum absolute atomic E-state index is 2.51. The van der Waals surface area contributed by atoms with Crippen LogP contribution >= 0.6 is 0 Å². The molecule has 0 bridgehead atoms. The van der Waals surface area contributed by atoms with Gasteiger partial charge in [-0.1, -0.05) is 158 Å². The molecule has 0 fully saturated rings. The number of fused-ring (bicyclic) bond motifs is 9. The van der Waals surface area contributed by atoms with Crippen molar-refractivity contribution in [3.8, 4) is 33.6 Å². The Morgan fingerprint density at radius 2 is 0.714 bits per heavy atom. The molecule has 0 atom stereocenters. The molecule has 0 unspecified atom stereocenters. The second kappa shape index (κ2) is 12.0. The fraction of sp³-hybridized carbons (Fsp3) is 0. The lowest BCUT2D eigenvalue weighted by Crippen LogP contribution is -1.99. The Kier molecular flexibility index (Phi) is 6.66. The van der Waals surface area contributed by atoms with Crippen molar-refractivity contribution in [3.05, 3.63) is 206 Å². The van der Waals surface area contributed by atoms with Crippen molar-refractivity contribution in [3.63, 3.8) is 0 Å². The van der Waals surface area contributed by atoms with Crippen molar-refractivity contribution in [1.82, 2.24) is 9.13 Å². The lowest BCUT2D eigenvalue weighted by atomic mass is 9.90. The van der Waals surface area contributed by atoms with Gasteiger partial charge in [0.25, 0.3) is 0 Å². The maximum atomic E-state index is 2.51. The summed E-state index contributed by atoms with van der Waals surface area (Å²) in [6.45, 7) is 0. The number of nitrogens with zero attached hydrogens (tertiary/aromatic N) is 2. The minimum absolute atomic E-state index is 1.17. The van der Waals surface area contributed by atoms with Gasteiger partial charge >= 0.3 is 0 Å². The lowest BCUT2D eigenvalue weighted by molar-refractivity contribution is 1.19. The van der Waals surface area contributed by atoms with E-state index in [0.29, 0.717) is 0 Å². The Hall–Kier alpha value is -7.42. The number of benzene rings is 10. The average Bonchev–Trinajstić information content (AvgIpc) is 3.77. The van der Waals surface area contributed by atoms with E-state index in [0.717, 1.165) is 0 Å². The maximum Gasteiger partial charge on any atom is 0.0619 e. The highest BCUT2D eigenvalue weighted by molar-refractivity contribution is 6.21. The Balaban J connectivity index is 1.08. The molecule has 0 aliphatic carbocycles. The normalized spacial score (nSPS) is 11.9. The molecule has 12 rings (SSSR count). The van der Waals surface area contributed by atoms with Crippen LogP contribution in [0.5, 0.6) is 0 Å². The lowest BCUT2D eigenvalue weighted by Gasteiger charge is -2.19. The number of hydrogen-bond acceptors (Lipinski definition) is 0. The monoisotopic (exact) mass is 710 g/mol. The molecule has 0 radical (unpaired) electrons. The Bertz CT molecular complexity index is 3470. The SMILES string of the molecule is c1ccc(-c2c3ccccc3c(-n3c4ccccc4c4cc(-c5ccc6c(c5)c5ccccc5n6-c5ccc6ccccc6c5)ccc43)c3ccccc23)cc1. The van der Waals surface area contributed by atoms with Crippen LogP contribution in [0, 0.1) is 0 Å². The minimum Gasteiger partial charge on any atom is -0.309 e. The van der Waals surface area contributed by atoms with E-state index >= 15 is 0 Å². The fourth-order valence-corrected chi connectivity index (χ4v) is 9.40. The summed E-state index contributed by atoms with van der Waals surface area (Å²) in [5.74, 6) is 0. The highest BCUT2D eigenvalue weighted by atomic mass is 15.0. The molecule has 0 spiro atoms. The van der Waals surface area contributed by atoms with E-state index in [-0.39, 0.29) is 0 Å². The van der Waals surface area contributed by atoms with Gasteiger partial charge in [-0.3, -0.25) is 0 Å². The second-order valence-corrected chi connectivity index (χ2v) is 14.9. The third-order valence-corrected chi connectivity index (χ3v) is 11.9. The highest BCUT2D eigenvalue weighted by Crippen LogP contribution is 2.45. The summed E-state index contributed by atoms with van der Waals surface area (Å²) >= 11 is 0. The molecular formula is C54H34N2. The number of hydrogen-bond donors (Lipinski definition) is 0. The molecule has 0 amide bonds. The van der Waals surface area contributed by atoms with E-state index in [1.54, 1.807) is 0 Å². The van der Waals surface area contributed by atoms with Crippen LogP contribution in [0.2, 0.25) is 0 Å². The minimum atomic E-state index is 1.17. The molecule has 2 aromatic heterocycles. The molecule has 0 aliphatic heterocycles. The van der Waals surface area contributed by atoms with Gasteiger partial charge in [-0.2, -0.15) is 0 Å². The number of aromatic nitrogens is 2. The molecule has 2 heteroatoms. The third-order valence-electron chi connectivity index (χ3n) is 11.9. The van der Waals surface area contributed by atoms with Crippen LogP contribution in [0.3, 0.4) is 0 Å². The molecule has 0 N–H and O–H groups in total.